The maximum Gasteiger partial charge on any atom is 0.355 e. The molecule has 1 amide bonds. The second-order valence-electron chi connectivity index (χ2n) is 5.24. The van der Waals surface area contributed by atoms with Crippen molar-refractivity contribution in [2.45, 2.75) is 18.8 Å². The highest BCUT2D eigenvalue weighted by molar-refractivity contribution is 7.97. The van der Waals surface area contributed by atoms with Crippen molar-refractivity contribution in [3.05, 3.63) is 46.2 Å². The van der Waals surface area contributed by atoms with Gasteiger partial charge in [0.2, 0.25) is 5.91 Å². The Morgan fingerprint density at radius 2 is 2.12 bits per heavy atom. The number of carboxylic acids is 1. The molecule has 0 aliphatic carbocycles. The lowest BCUT2D eigenvalue weighted by Crippen LogP contribution is -2.27. The number of amides is 1. The number of carbonyl (C=O) groups is 2. The van der Waals surface area contributed by atoms with E-state index in [0.717, 1.165) is 22.6 Å². The van der Waals surface area contributed by atoms with Crippen molar-refractivity contribution in [2.24, 2.45) is 0 Å². The quantitative estimate of drug-likeness (QED) is 0.657. The molecule has 1 aromatic carbocycles. The van der Waals surface area contributed by atoms with E-state index in [9.17, 15) is 9.59 Å². The van der Waals surface area contributed by atoms with E-state index in [4.69, 9.17) is 5.11 Å². The van der Waals surface area contributed by atoms with Gasteiger partial charge in [-0.25, -0.2) is 14.8 Å². The number of aromatic carboxylic acids is 1. The molecule has 0 radical (unpaired) electrons. The molecule has 130 valence electrons. The van der Waals surface area contributed by atoms with Crippen LogP contribution in [-0.2, 0) is 23.6 Å². The van der Waals surface area contributed by atoms with Crippen LogP contribution in [-0.4, -0.2) is 37.8 Å². The number of fused-ring (bicyclic) bond motifs is 1. The van der Waals surface area contributed by atoms with E-state index in [0.29, 0.717) is 5.01 Å². The van der Waals surface area contributed by atoms with E-state index in [-0.39, 0.29) is 24.7 Å². The molecule has 0 aliphatic rings. The van der Waals surface area contributed by atoms with Gasteiger partial charge in [0.1, 0.15) is 17.4 Å². The minimum Gasteiger partial charge on any atom is -0.476 e. The lowest BCUT2D eigenvalue weighted by Gasteiger charge is -2.09. The van der Waals surface area contributed by atoms with Crippen LogP contribution < -0.4 is 5.32 Å². The van der Waals surface area contributed by atoms with Gasteiger partial charge < -0.3 is 15.0 Å². The topological polar surface area (TPSA) is 97.1 Å². The molecular weight excluding hydrogens is 360 g/mol. The van der Waals surface area contributed by atoms with E-state index in [1.807, 2.05) is 35.1 Å². The largest absolute Gasteiger partial charge is 0.476 e. The standard InChI is InChI=1S/C16H16N4O3S2/c1-24-9-13-18-10-4-2-3-5-12(10)20(13)7-14(21)17-6-15-19-11(8-25-15)16(22)23/h2-5,8H,6-7,9H2,1H3,(H,17,21)(H,22,23). The van der Waals surface area contributed by atoms with Crippen LogP contribution in [0.25, 0.3) is 11.0 Å². The Morgan fingerprint density at radius 3 is 2.84 bits per heavy atom. The van der Waals surface area contributed by atoms with Crippen molar-refractivity contribution in [1.82, 2.24) is 19.9 Å². The normalized spacial score (nSPS) is 10.9. The summed E-state index contributed by atoms with van der Waals surface area (Å²) in [7, 11) is 0. The number of hydrogen-bond donors (Lipinski definition) is 2. The van der Waals surface area contributed by atoms with Crippen LogP contribution in [0.4, 0.5) is 0 Å². The number of thiazole rings is 1. The highest BCUT2D eigenvalue weighted by atomic mass is 32.2. The molecule has 9 heteroatoms. The Labute approximate surface area is 152 Å². The van der Waals surface area contributed by atoms with Crippen LogP contribution in [0.15, 0.2) is 29.6 Å². The number of nitrogens with zero attached hydrogens (tertiary/aromatic N) is 3. The zero-order valence-electron chi connectivity index (χ0n) is 13.4. The summed E-state index contributed by atoms with van der Waals surface area (Å²) >= 11 is 2.86. The number of aromatic nitrogens is 3. The van der Waals surface area contributed by atoms with Crippen LogP contribution in [0.2, 0.25) is 0 Å². The second kappa shape index (κ2) is 7.66. The Hall–Kier alpha value is -2.39. The molecular formula is C16H16N4O3S2. The molecule has 0 fully saturated rings. The van der Waals surface area contributed by atoms with Gasteiger partial charge in [0.15, 0.2) is 5.69 Å². The number of rotatable bonds is 7. The molecule has 3 rings (SSSR count). The van der Waals surface area contributed by atoms with Gasteiger partial charge in [-0.15, -0.1) is 11.3 Å². The molecule has 2 N–H and O–H groups in total. The van der Waals surface area contributed by atoms with Crippen molar-refractivity contribution in [3.8, 4) is 0 Å². The van der Waals surface area contributed by atoms with Gasteiger partial charge in [0.05, 0.1) is 23.3 Å². The number of para-hydroxylation sites is 2. The van der Waals surface area contributed by atoms with Crippen LogP contribution >= 0.6 is 23.1 Å². The molecule has 0 saturated heterocycles. The first kappa shape index (κ1) is 17.4. The fourth-order valence-electron chi connectivity index (χ4n) is 2.41. The molecule has 25 heavy (non-hydrogen) atoms. The van der Waals surface area contributed by atoms with Crippen LogP contribution in [0.1, 0.15) is 21.3 Å². The van der Waals surface area contributed by atoms with E-state index >= 15 is 0 Å². The van der Waals surface area contributed by atoms with Gasteiger partial charge in [-0.1, -0.05) is 12.1 Å². The van der Waals surface area contributed by atoms with Gasteiger partial charge in [-0.05, 0) is 18.4 Å². The first-order chi connectivity index (χ1) is 12.1. The number of carbonyl (C=O) groups excluding carboxylic acids is 1. The molecule has 7 nitrogen and oxygen atoms in total. The monoisotopic (exact) mass is 376 g/mol. The molecule has 0 bridgehead atoms. The second-order valence-corrected chi connectivity index (χ2v) is 7.05. The average Bonchev–Trinajstić information content (AvgIpc) is 3.19. The van der Waals surface area contributed by atoms with E-state index in [2.05, 4.69) is 15.3 Å². The highest BCUT2D eigenvalue weighted by Crippen LogP contribution is 2.19. The fraction of sp³-hybridized carbons (Fsp3) is 0.250. The summed E-state index contributed by atoms with van der Waals surface area (Å²) in [5.41, 5.74) is 1.78. The summed E-state index contributed by atoms with van der Waals surface area (Å²) in [6.07, 6.45) is 1.99. The van der Waals surface area contributed by atoms with Gasteiger partial charge in [0, 0.05) is 5.38 Å². The first-order valence-corrected chi connectivity index (χ1v) is 9.73. The number of carboxylic acid groups (broad SMARTS) is 1. The van der Waals surface area contributed by atoms with Gasteiger partial charge >= 0.3 is 5.97 Å². The minimum absolute atomic E-state index is 0.00268. The van der Waals surface area contributed by atoms with Crippen LogP contribution in [0.5, 0.6) is 0 Å². The van der Waals surface area contributed by atoms with E-state index in [1.165, 1.54) is 16.7 Å². The number of benzene rings is 1. The predicted octanol–water partition coefficient (Wildman–Crippen LogP) is 2.37. The number of nitrogens with one attached hydrogen (secondary N) is 1. The summed E-state index contributed by atoms with van der Waals surface area (Å²) in [5, 5.41) is 13.7. The third-order valence-corrected chi connectivity index (χ3v) is 4.91. The van der Waals surface area contributed by atoms with E-state index < -0.39 is 5.97 Å². The number of imidazole rings is 1. The van der Waals surface area contributed by atoms with Gasteiger partial charge in [-0.2, -0.15) is 11.8 Å². The van der Waals surface area contributed by atoms with Crippen LogP contribution in [0, 0.1) is 0 Å². The first-order valence-electron chi connectivity index (χ1n) is 7.46. The maximum atomic E-state index is 12.3. The van der Waals surface area contributed by atoms with Gasteiger partial charge in [0.25, 0.3) is 0 Å². The lowest BCUT2D eigenvalue weighted by molar-refractivity contribution is -0.121. The molecule has 0 aliphatic heterocycles. The summed E-state index contributed by atoms with van der Waals surface area (Å²) in [6, 6.07) is 7.71. The smallest absolute Gasteiger partial charge is 0.355 e. The SMILES string of the molecule is CSCc1nc2ccccc2n1CC(=O)NCc1nc(C(=O)O)cs1. The Kier molecular flexibility index (Phi) is 5.34. The number of hydrogen-bond acceptors (Lipinski definition) is 6. The molecule has 0 unspecified atom stereocenters. The molecule has 0 saturated carbocycles. The van der Waals surface area contributed by atoms with Crippen molar-refractivity contribution in [3.63, 3.8) is 0 Å². The van der Waals surface area contributed by atoms with Gasteiger partial charge in [-0.3, -0.25) is 4.79 Å². The number of thioether (sulfide) groups is 1. The zero-order valence-corrected chi connectivity index (χ0v) is 15.1. The van der Waals surface area contributed by atoms with Crippen molar-refractivity contribution in [1.29, 1.82) is 0 Å². The lowest BCUT2D eigenvalue weighted by atomic mass is 10.3. The molecule has 3 aromatic rings. The predicted molar refractivity (Wildman–Crippen MR) is 97.9 cm³/mol. The molecule has 0 atom stereocenters. The molecule has 2 aromatic heterocycles. The van der Waals surface area contributed by atoms with Crippen molar-refractivity contribution in [2.75, 3.05) is 6.26 Å². The summed E-state index contributed by atoms with van der Waals surface area (Å²) in [5.74, 6) is 0.334. The third-order valence-electron chi connectivity index (χ3n) is 3.52. The Morgan fingerprint density at radius 1 is 1.32 bits per heavy atom. The average molecular weight is 376 g/mol. The maximum absolute atomic E-state index is 12.3. The highest BCUT2D eigenvalue weighted by Gasteiger charge is 2.14. The van der Waals surface area contributed by atoms with Crippen molar-refractivity contribution >= 4 is 46.0 Å². The Bertz CT molecular complexity index is 919. The molecule has 0 spiro atoms. The van der Waals surface area contributed by atoms with Crippen LogP contribution in [0.3, 0.4) is 0 Å². The van der Waals surface area contributed by atoms with E-state index in [1.54, 1.807) is 11.8 Å². The fourth-order valence-corrected chi connectivity index (χ4v) is 3.59. The Balaban J connectivity index is 1.70. The summed E-state index contributed by atoms with van der Waals surface area (Å²) in [6.45, 7) is 0.370. The minimum atomic E-state index is -1.07. The van der Waals surface area contributed by atoms with Crippen molar-refractivity contribution < 1.29 is 14.7 Å². The summed E-state index contributed by atoms with van der Waals surface area (Å²) in [4.78, 5) is 31.7. The third kappa shape index (κ3) is 3.99. The molecule has 2 heterocycles. The summed E-state index contributed by atoms with van der Waals surface area (Å²) < 4.78 is 1.91. The zero-order chi connectivity index (χ0) is 17.8.